The van der Waals surface area contributed by atoms with Crippen LogP contribution in [0.3, 0.4) is 0 Å². The van der Waals surface area contributed by atoms with Gasteiger partial charge in [0.1, 0.15) is 10.8 Å². The molecule has 1 amide bonds. The number of hydrogen-bond acceptors (Lipinski definition) is 4. The maximum Gasteiger partial charge on any atom is 0.238 e. The lowest BCUT2D eigenvalue weighted by atomic mass is 9.88. The summed E-state index contributed by atoms with van der Waals surface area (Å²) in [5.41, 5.74) is 0.724. The summed E-state index contributed by atoms with van der Waals surface area (Å²) in [7, 11) is 0. The minimum absolute atomic E-state index is 0.0146. The molecule has 5 nitrogen and oxygen atoms in total. The Kier molecular flexibility index (Phi) is 5.23. The van der Waals surface area contributed by atoms with Crippen LogP contribution in [0.4, 0.5) is 5.69 Å². The van der Waals surface area contributed by atoms with Gasteiger partial charge in [-0.25, -0.2) is 4.98 Å². The number of carbonyl (C=O) groups is 1. The molecular weight excluding hydrogens is 349 g/mol. The summed E-state index contributed by atoms with van der Waals surface area (Å²) < 4.78 is 5.61. The fourth-order valence-electron chi connectivity index (χ4n) is 2.33. The molecule has 2 aromatic rings. The molecule has 1 aromatic heterocycles. The number of ether oxygens (including phenoxy) is 1. The van der Waals surface area contributed by atoms with Gasteiger partial charge in [-0.15, -0.1) is 0 Å². The first kappa shape index (κ1) is 17.0. The van der Waals surface area contributed by atoms with Crippen molar-refractivity contribution >= 4 is 34.8 Å². The first-order valence-corrected chi connectivity index (χ1v) is 8.39. The monoisotopic (exact) mass is 365 g/mol. The molecule has 0 spiro atoms. The normalized spacial score (nSPS) is 15.5. The highest BCUT2D eigenvalue weighted by molar-refractivity contribution is 6.35. The lowest BCUT2D eigenvalue weighted by Gasteiger charge is -2.31. The van der Waals surface area contributed by atoms with Crippen LogP contribution in [0.2, 0.25) is 10.0 Å². The van der Waals surface area contributed by atoms with Gasteiger partial charge >= 0.3 is 0 Å². The Hall–Kier alpha value is -1.82. The van der Waals surface area contributed by atoms with Crippen LogP contribution in [-0.4, -0.2) is 24.0 Å². The molecule has 0 bridgehead atoms. The number of halogens is 2. The number of rotatable bonds is 5. The van der Waals surface area contributed by atoms with E-state index in [9.17, 15) is 4.79 Å². The molecule has 2 heterocycles. The summed E-state index contributed by atoms with van der Waals surface area (Å²) in [4.78, 5) is 16.2. The number of aromatic nitrogens is 1. The zero-order valence-corrected chi connectivity index (χ0v) is 14.6. The van der Waals surface area contributed by atoms with Gasteiger partial charge in [0.2, 0.25) is 11.8 Å². The van der Waals surface area contributed by atoms with Crippen molar-refractivity contribution in [1.82, 2.24) is 10.3 Å². The summed E-state index contributed by atoms with van der Waals surface area (Å²) in [6.45, 7) is 3.75. The molecule has 24 heavy (non-hydrogen) atoms. The van der Waals surface area contributed by atoms with Crippen LogP contribution in [-0.2, 0) is 4.79 Å². The van der Waals surface area contributed by atoms with E-state index in [4.69, 9.17) is 27.9 Å². The van der Waals surface area contributed by atoms with Gasteiger partial charge in [0, 0.05) is 17.8 Å². The first-order valence-electron chi connectivity index (χ1n) is 7.63. The Morgan fingerprint density at radius 1 is 1.33 bits per heavy atom. The minimum Gasteiger partial charge on any atom is -0.438 e. The van der Waals surface area contributed by atoms with Gasteiger partial charge in [-0.3, -0.25) is 4.79 Å². The molecule has 1 aliphatic heterocycles. The smallest absolute Gasteiger partial charge is 0.238 e. The summed E-state index contributed by atoms with van der Waals surface area (Å²) in [6.07, 6.45) is 1.47. The van der Waals surface area contributed by atoms with Gasteiger partial charge < -0.3 is 15.4 Å². The van der Waals surface area contributed by atoms with Crippen LogP contribution in [0.5, 0.6) is 11.6 Å². The molecule has 3 rings (SSSR count). The van der Waals surface area contributed by atoms with E-state index >= 15 is 0 Å². The minimum atomic E-state index is -0.0146. The second kappa shape index (κ2) is 7.38. The molecule has 0 saturated carbocycles. The van der Waals surface area contributed by atoms with Crippen molar-refractivity contribution in [1.29, 1.82) is 0 Å². The number of benzene rings is 1. The molecule has 1 unspecified atom stereocenters. The Morgan fingerprint density at radius 2 is 2.04 bits per heavy atom. The van der Waals surface area contributed by atoms with Crippen molar-refractivity contribution in [3.05, 3.63) is 46.6 Å². The van der Waals surface area contributed by atoms with Crippen LogP contribution < -0.4 is 15.4 Å². The van der Waals surface area contributed by atoms with Gasteiger partial charge in [-0.2, -0.15) is 0 Å². The average molecular weight is 366 g/mol. The van der Waals surface area contributed by atoms with Crippen molar-refractivity contribution in [2.75, 3.05) is 18.4 Å². The summed E-state index contributed by atoms with van der Waals surface area (Å²) in [5.74, 6) is 1.27. The van der Waals surface area contributed by atoms with Crippen molar-refractivity contribution in [2.24, 2.45) is 11.8 Å². The number of nitrogens with one attached hydrogen (secondary N) is 2. The molecule has 2 N–H and O–H groups in total. The van der Waals surface area contributed by atoms with E-state index in [1.165, 1.54) is 6.20 Å². The fraction of sp³-hybridized carbons (Fsp3) is 0.294. The van der Waals surface area contributed by atoms with E-state index < -0.39 is 0 Å². The van der Waals surface area contributed by atoms with E-state index in [-0.39, 0.29) is 17.7 Å². The quantitative estimate of drug-likeness (QED) is 0.841. The van der Waals surface area contributed by atoms with E-state index in [0.717, 1.165) is 18.8 Å². The molecule has 1 aliphatic rings. The third-order valence-corrected chi connectivity index (χ3v) is 4.52. The molecule has 1 aromatic carbocycles. The van der Waals surface area contributed by atoms with Gasteiger partial charge in [0.25, 0.3) is 0 Å². The molecular formula is C17H17Cl2N3O2. The Balaban J connectivity index is 1.61. The standard InChI is InChI=1S/C17H17Cl2N3O2/c1-10(11-7-20-8-11)16(23)22-13-2-4-14(5-3-13)24-17-15(19)6-12(18)9-21-17/h2-6,9-11,20H,7-8H2,1H3,(H,22,23). The predicted octanol–water partition coefficient (Wildman–Crippen LogP) is 3.97. The number of amides is 1. The predicted molar refractivity (Wildman–Crippen MR) is 94.9 cm³/mol. The first-order chi connectivity index (χ1) is 11.5. The Bertz CT molecular complexity index is 733. The van der Waals surface area contributed by atoms with Gasteiger partial charge in [-0.1, -0.05) is 30.1 Å². The highest BCUT2D eigenvalue weighted by Crippen LogP contribution is 2.29. The zero-order valence-electron chi connectivity index (χ0n) is 13.1. The van der Waals surface area contributed by atoms with Crippen molar-refractivity contribution < 1.29 is 9.53 Å². The second-order valence-electron chi connectivity index (χ2n) is 5.76. The Morgan fingerprint density at radius 3 is 2.62 bits per heavy atom. The maximum absolute atomic E-state index is 12.2. The van der Waals surface area contributed by atoms with Crippen molar-refractivity contribution in [2.45, 2.75) is 6.92 Å². The number of nitrogens with zero attached hydrogens (tertiary/aromatic N) is 1. The number of carbonyl (C=O) groups excluding carboxylic acids is 1. The van der Waals surface area contributed by atoms with Crippen LogP contribution >= 0.6 is 23.2 Å². The summed E-state index contributed by atoms with van der Waals surface area (Å²) in [6, 6.07) is 8.62. The molecule has 126 valence electrons. The fourth-order valence-corrected chi connectivity index (χ4v) is 2.75. The number of anilines is 1. The zero-order chi connectivity index (χ0) is 17.1. The third kappa shape index (κ3) is 3.98. The molecule has 1 atom stereocenters. The van der Waals surface area contributed by atoms with Gasteiger partial charge in [-0.05, 0) is 49.3 Å². The largest absolute Gasteiger partial charge is 0.438 e. The Labute approximate surface area is 150 Å². The van der Waals surface area contributed by atoms with Crippen LogP contribution in [0.15, 0.2) is 36.5 Å². The van der Waals surface area contributed by atoms with E-state index in [1.807, 2.05) is 6.92 Å². The number of hydrogen-bond donors (Lipinski definition) is 2. The molecule has 1 saturated heterocycles. The molecule has 0 radical (unpaired) electrons. The molecule has 0 aliphatic carbocycles. The maximum atomic E-state index is 12.2. The van der Waals surface area contributed by atoms with Crippen molar-refractivity contribution in [3.8, 4) is 11.6 Å². The molecule has 1 fully saturated rings. The highest BCUT2D eigenvalue weighted by atomic mass is 35.5. The lowest BCUT2D eigenvalue weighted by Crippen LogP contribution is -2.48. The lowest BCUT2D eigenvalue weighted by molar-refractivity contribution is -0.121. The van der Waals surface area contributed by atoms with E-state index in [2.05, 4.69) is 15.6 Å². The SMILES string of the molecule is CC(C(=O)Nc1ccc(Oc2ncc(Cl)cc2Cl)cc1)C1CNC1. The van der Waals surface area contributed by atoms with Crippen molar-refractivity contribution in [3.63, 3.8) is 0 Å². The van der Waals surface area contributed by atoms with E-state index in [1.54, 1.807) is 30.3 Å². The average Bonchev–Trinajstić information content (AvgIpc) is 2.50. The van der Waals surface area contributed by atoms with Gasteiger partial charge in [0.05, 0.1) is 5.02 Å². The topological polar surface area (TPSA) is 63.2 Å². The third-order valence-electron chi connectivity index (χ3n) is 4.04. The second-order valence-corrected chi connectivity index (χ2v) is 6.61. The van der Waals surface area contributed by atoms with Crippen LogP contribution in [0.1, 0.15) is 6.92 Å². The highest BCUT2D eigenvalue weighted by Gasteiger charge is 2.28. The van der Waals surface area contributed by atoms with Gasteiger partial charge in [0.15, 0.2) is 0 Å². The molecule has 7 heteroatoms. The van der Waals surface area contributed by atoms with Crippen LogP contribution in [0.25, 0.3) is 0 Å². The van der Waals surface area contributed by atoms with E-state index in [0.29, 0.717) is 21.7 Å². The number of pyridine rings is 1. The van der Waals surface area contributed by atoms with Crippen LogP contribution in [0, 0.1) is 11.8 Å². The summed E-state index contributed by atoms with van der Waals surface area (Å²) in [5, 5.41) is 6.88. The summed E-state index contributed by atoms with van der Waals surface area (Å²) >= 11 is 11.8.